The molecule has 1 saturated heterocycles. The number of likely N-dealkylation sites (tertiary alicyclic amines) is 1. The van der Waals surface area contributed by atoms with Gasteiger partial charge in [-0.05, 0) is 49.2 Å². The number of amides is 1. The minimum Gasteiger partial charge on any atom is -0.354 e. The fourth-order valence-electron chi connectivity index (χ4n) is 3.95. The molecule has 1 amide bonds. The molecule has 4 aromatic rings. The third-order valence-corrected chi connectivity index (χ3v) is 6.85. The van der Waals surface area contributed by atoms with Crippen molar-refractivity contribution in [1.29, 1.82) is 0 Å². The lowest BCUT2D eigenvalue weighted by Gasteiger charge is -2.16. The lowest BCUT2D eigenvalue weighted by molar-refractivity contribution is 0.0798. The molecular weight excluding hydrogens is 430 g/mol. The van der Waals surface area contributed by atoms with Crippen molar-refractivity contribution < 1.29 is 4.79 Å². The molecule has 0 spiro atoms. The summed E-state index contributed by atoms with van der Waals surface area (Å²) < 4.78 is 1.67. The maximum atomic E-state index is 13.4. The number of benzene rings is 2. The number of rotatable bonds is 4. The summed E-state index contributed by atoms with van der Waals surface area (Å²) in [7, 11) is 0. The van der Waals surface area contributed by atoms with E-state index >= 15 is 0 Å². The minimum absolute atomic E-state index is 0.00436. The fourth-order valence-corrected chi connectivity index (χ4v) is 5.38. The van der Waals surface area contributed by atoms with Gasteiger partial charge in [0.25, 0.3) is 11.5 Å². The standard InChI is InChI=1S/C24H20ClN3O2S/c25-16-7-6-8-17(15-16)26-21-19-11-12-20(29)28(18-9-2-1-3-10-18)24(19)31-22(21)23(30)27-13-4-5-14-27/h1-3,6-12,15,26H,4-5,13-14H2. The number of aromatic nitrogens is 1. The first-order chi connectivity index (χ1) is 15.1. The number of halogens is 1. The van der Waals surface area contributed by atoms with Crippen molar-refractivity contribution in [3.05, 3.63) is 87.0 Å². The van der Waals surface area contributed by atoms with Crippen LogP contribution in [0.2, 0.25) is 5.02 Å². The molecule has 0 radical (unpaired) electrons. The van der Waals surface area contributed by atoms with Gasteiger partial charge in [0, 0.05) is 35.3 Å². The average molecular weight is 450 g/mol. The maximum absolute atomic E-state index is 13.4. The van der Waals surface area contributed by atoms with Crippen LogP contribution in [0.5, 0.6) is 0 Å². The Hall–Kier alpha value is -3.09. The summed E-state index contributed by atoms with van der Waals surface area (Å²) in [5.74, 6) is -0.00436. The normalized spacial score (nSPS) is 13.6. The third-order valence-electron chi connectivity index (χ3n) is 5.44. The topological polar surface area (TPSA) is 54.3 Å². The molecule has 1 aliphatic rings. The summed E-state index contributed by atoms with van der Waals surface area (Å²) in [5, 5.41) is 4.84. The molecular formula is C24H20ClN3O2S. The van der Waals surface area contributed by atoms with Gasteiger partial charge in [-0.1, -0.05) is 35.9 Å². The summed E-state index contributed by atoms with van der Waals surface area (Å²) in [6, 6.07) is 20.2. The van der Waals surface area contributed by atoms with Crippen LogP contribution < -0.4 is 10.9 Å². The molecule has 5 nitrogen and oxygen atoms in total. The number of hydrogen-bond donors (Lipinski definition) is 1. The maximum Gasteiger partial charge on any atom is 0.266 e. The van der Waals surface area contributed by atoms with Gasteiger partial charge in [0.1, 0.15) is 9.71 Å². The predicted octanol–water partition coefficient (Wildman–Crippen LogP) is 5.69. The van der Waals surface area contributed by atoms with Gasteiger partial charge < -0.3 is 10.2 Å². The van der Waals surface area contributed by atoms with Crippen molar-refractivity contribution in [2.75, 3.05) is 18.4 Å². The highest BCUT2D eigenvalue weighted by Crippen LogP contribution is 2.39. The van der Waals surface area contributed by atoms with Crippen molar-refractivity contribution in [2.45, 2.75) is 12.8 Å². The van der Waals surface area contributed by atoms with Gasteiger partial charge in [-0.25, -0.2) is 0 Å². The largest absolute Gasteiger partial charge is 0.354 e. The molecule has 7 heteroatoms. The summed E-state index contributed by atoms with van der Waals surface area (Å²) in [6.45, 7) is 1.52. The molecule has 0 unspecified atom stereocenters. The van der Waals surface area contributed by atoms with E-state index in [1.54, 1.807) is 16.7 Å². The smallest absolute Gasteiger partial charge is 0.266 e. The van der Waals surface area contributed by atoms with Crippen LogP contribution >= 0.6 is 22.9 Å². The summed E-state index contributed by atoms with van der Waals surface area (Å²) >= 11 is 7.53. The van der Waals surface area contributed by atoms with Gasteiger partial charge >= 0.3 is 0 Å². The Morgan fingerprint density at radius 3 is 2.48 bits per heavy atom. The van der Waals surface area contributed by atoms with Crippen molar-refractivity contribution in [3.63, 3.8) is 0 Å². The number of pyridine rings is 1. The van der Waals surface area contributed by atoms with Crippen LogP contribution in [0.25, 0.3) is 15.9 Å². The monoisotopic (exact) mass is 449 g/mol. The van der Waals surface area contributed by atoms with E-state index in [2.05, 4.69) is 5.32 Å². The highest BCUT2D eigenvalue weighted by molar-refractivity contribution is 7.21. The highest BCUT2D eigenvalue weighted by Gasteiger charge is 2.27. The van der Waals surface area contributed by atoms with Gasteiger partial charge in [0.15, 0.2) is 0 Å². The molecule has 1 N–H and O–H groups in total. The van der Waals surface area contributed by atoms with Crippen LogP contribution in [0.15, 0.2) is 71.5 Å². The third kappa shape index (κ3) is 3.73. The Kier molecular flexibility index (Phi) is 5.26. The Balaban J connectivity index is 1.73. The number of hydrogen-bond acceptors (Lipinski definition) is 4. The van der Waals surface area contributed by atoms with E-state index in [1.165, 1.54) is 11.3 Å². The number of thiophene rings is 1. The Labute approximate surface area is 188 Å². The van der Waals surface area contributed by atoms with Crippen LogP contribution in [0.4, 0.5) is 11.4 Å². The van der Waals surface area contributed by atoms with Crippen molar-refractivity contribution in [3.8, 4) is 5.69 Å². The zero-order chi connectivity index (χ0) is 21.4. The lowest BCUT2D eigenvalue weighted by Crippen LogP contribution is -2.27. The first-order valence-corrected chi connectivity index (χ1v) is 11.4. The number of fused-ring (bicyclic) bond motifs is 1. The highest BCUT2D eigenvalue weighted by atomic mass is 35.5. The molecule has 2 aromatic heterocycles. The summed E-state index contributed by atoms with van der Waals surface area (Å²) in [5.41, 5.74) is 2.15. The SMILES string of the molecule is O=C(c1sc2c(ccc(=O)n2-c2ccccc2)c1Nc1cccc(Cl)c1)N1CCCC1. The molecule has 1 fully saturated rings. The molecule has 31 heavy (non-hydrogen) atoms. The quantitative estimate of drug-likeness (QED) is 0.435. The molecule has 0 bridgehead atoms. The number of carbonyl (C=O) groups excluding carboxylic acids is 1. The molecule has 2 aromatic carbocycles. The predicted molar refractivity (Wildman–Crippen MR) is 127 cm³/mol. The Morgan fingerprint density at radius 2 is 1.74 bits per heavy atom. The van der Waals surface area contributed by atoms with E-state index < -0.39 is 0 Å². The van der Waals surface area contributed by atoms with Crippen LogP contribution in [0, 0.1) is 0 Å². The summed E-state index contributed by atoms with van der Waals surface area (Å²) in [6.07, 6.45) is 2.03. The van der Waals surface area contributed by atoms with Crippen molar-refractivity contribution in [2.24, 2.45) is 0 Å². The van der Waals surface area contributed by atoms with Gasteiger partial charge in [-0.15, -0.1) is 11.3 Å². The first kappa shape index (κ1) is 19.8. The van der Waals surface area contributed by atoms with Crippen LogP contribution in [0.3, 0.4) is 0 Å². The molecule has 3 heterocycles. The van der Waals surface area contributed by atoms with Gasteiger partial charge in [0.05, 0.1) is 11.4 Å². The van der Waals surface area contributed by atoms with E-state index in [0.29, 0.717) is 15.6 Å². The van der Waals surface area contributed by atoms with E-state index in [0.717, 1.165) is 47.5 Å². The van der Waals surface area contributed by atoms with Gasteiger partial charge in [-0.2, -0.15) is 0 Å². The zero-order valence-electron chi connectivity index (χ0n) is 16.7. The summed E-state index contributed by atoms with van der Waals surface area (Å²) in [4.78, 5) is 29.5. The van der Waals surface area contributed by atoms with E-state index in [4.69, 9.17) is 11.6 Å². The molecule has 5 rings (SSSR count). The Morgan fingerprint density at radius 1 is 0.968 bits per heavy atom. The average Bonchev–Trinajstić information content (AvgIpc) is 3.43. The van der Waals surface area contributed by atoms with Gasteiger partial charge in [0.2, 0.25) is 0 Å². The Bertz CT molecular complexity index is 1320. The fraction of sp³-hybridized carbons (Fsp3) is 0.167. The minimum atomic E-state index is -0.130. The molecule has 0 atom stereocenters. The number of nitrogens with zero attached hydrogens (tertiary/aromatic N) is 2. The zero-order valence-corrected chi connectivity index (χ0v) is 18.2. The molecule has 0 aliphatic carbocycles. The number of nitrogens with one attached hydrogen (secondary N) is 1. The van der Waals surface area contributed by atoms with Crippen molar-refractivity contribution in [1.82, 2.24) is 9.47 Å². The second kappa shape index (κ2) is 8.21. The second-order valence-corrected chi connectivity index (χ2v) is 8.94. The van der Waals surface area contributed by atoms with Gasteiger partial charge in [-0.3, -0.25) is 14.2 Å². The van der Waals surface area contributed by atoms with E-state index in [-0.39, 0.29) is 11.5 Å². The van der Waals surface area contributed by atoms with Crippen LogP contribution in [-0.4, -0.2) is 28.5 Å². The second-order valence-electron chi connectivity index (χ2n) is 7.50. The van der Waals surface area contributed by atoms with Crippen LogP contribution in [-0.2, 0) is 0 Å². The lowest BCUT2D eigenvalue weighted by atomic mass is 10.2. The number of anilines is 2. The molecule has 156 valence electrons. The molecule has 0 saturated carbocycles. The van der Waals surface area contributed by atoms with E-state index in [1.807, 2.05) is 59.5 Å². The first-order valence-electron chi connectivity index (χ1n) is 10.2. The van der Waals surface area contributed by atoms with Crippen LogP contribution in [0.1, 0.15) is 22.5 Å². The van der Waals surface area contributed by atoms with Crippen molar-refractivity contribution >= 4 is 50.4 Å². The van der Waals surface area contributed by atoms with E-state index in [9.17, 15) is 9.59 Å². The molecule has 1 aliphatic heterocycles. The number of para-hydroxylation sites is 1. The number of carbonyl (C=O) groups is 1.